The van der Waals surface area contributed by atoms with Crippen LogP contribution in [0.4, 0.5) is 5.69 Å². The van der Waals surface area contributed by atoms with Crippen LogP contribution >= 0.6 is 46.3 Å². The molecule has 0 saturated heterocycles. The minimum Gasteiger partial charge on any atom is -0.478 e. The summed E-state index contributed by atoms with van der Waals surface area (Å²) in [5.74, 6) is -1.38. The van der Waals surface area contributed by atoms with Gasteiger partial charge in [0.15, 0.2) is 0 Å². The topological polar surface area (TPSA) is 66.4 Å². The highest BCUT2D eigenvalue weighted by Gasteiger charge is 2.17. The maximum atomic E-state index is 11.9. The van der Waals surface area contributed by atoms with Crippen LogP contribution in [0.2, 0.25) is 10.0 Å². The fourth-order valence-electron chi connectivity index (χ4n) is 1.53. The molecule has 0 aliphatic rings. The number of amides is 1. The number of benzene rings is 1. The molecule has 2 N–H and O–H groups in total. The summed E-state index contributed by atoms with van der Waals surface area (Å²) in [6, 6.07) is 6.43. The number of aromatic carboxylic acids is 1. The third kappa shape index (κ3) is 4.38. The zero-order valence-electron chi connectivity index (χ0n) is 10.4. The summed E-state index contributed by atoms with van der Waals surface area (Å²) in [6.07, 6.45) is 0. The summed E-state index contributed by atoms with van der Waals surface area (Å²) in [7, 11) is 0. The van der Waals surface area contributed by atoms with Crippen molar-refractivity contribution in [3.63, 3.8) is 0 Å². The Hall–Kier alpha value is -1.21. The van der Waals surface area contributed by atoms with Crippen molar-refractivity contribution in [1.29, 1.82) is 0 Å². The molecule has 0 unspecified atom stereocenters. The molecule has 0 aliphatic heterocycles. The molecule has 8 heteroatoms. The van der Waals surface area contributed by atoms with E-state index in [0.717, 1.165) is 4.21 Å². The second-order valence-corrected chi connectivity index (χ2v) is 6.95. The van der Waals surface area contributed by atoms with Gasteiger partial charge in [0.25, 0.3) is 0 Å². The Morgan fingerprint density at radius 3 is 2.71 bits per heavy atom. The van der Waals surface area contributed by atoms with E-state index in [1.54, 1.807) is 0 Å². The van der Waals surface area contributed by atoms with Crippen LogP contribution in [0.3, 0.4) is 0 Å². The number of rotatable bonds is 5. The van der Waals surface area contributed by atoms with E-state index in [2.05, 4.69) is 5.32 Å². The lowest BCUT2D eigenvalue weighted by Gasteiger charge is -2.10. The number of thiophene rings is 1. The molecule has 1 aromatic carbocycles. The van der Waals surface area contributed by atoms with Gasteiger partial charge in [-0.15, -0.1) is 23.1 Å². The van der Waals surface area contributed by atoms with Crippen molar-refractivity contribution in [2.45, 2.75) is 4.21 Å². The summed E-state index contributed by atoms with van der Waals surface area (Å²) in [4.78, 5) is 23.1. The largest absolute Gasteiger partial charge is 0.478 e. The number of nitrogens with one attached hydrogen (secondary N) is 1. The molecule has 110 valence electrons. The van der Waals surface area contributed by atoms with Gasteiger partial charge in [0, 0.05) is 5.02 Å². The van der Waals surface area contributed by atoms with Crippen molar-refractivity contribution in [2.75, 3.05) is 11.1 Å². The van der Waals surface area contributed by atoms with Crippen LogP contribution in [0.25, 0.3) is 0 Å². The van der Waals surface area contributed by atoms with Gasteiger partial charge in [-0.3, -0.25) is 4.79 Å². The SMILES string of the molecule is O=C(CSc1cccs1)Nc1c(Cl)cc(Cl)cc1C(=O)O. The predicted octanol–water partition coefficient (Wildman–Crippen LogP) is 4.48. The van der Waals surface area contributed by atoms with Gasteiger partial charge in [-0.1, -0.05) is 29.3 Å². The Bertz CT molecular complexity index is 674. The van der Waals surface area contributed by atoms with Gasteiger partial charge in [-0.2, -0.15) is 0 Å². The molecule has 2 aromatic rings. The summed E-state index contributed by atoms with van der Waals surface area (Å²) >= 11 is 14.6. The molecular weight excluding hydrogens is 353 g/mol. The van der Waals surface area contributed by atoms with Crippen LogP contribution in [-0.4, -0.2) is 22.7 Å². The number of halogens is 2. The molecule has 1 amide bonds. The van der Waals surface area contributed by atoms with Gasteiger partial charge in [-0.05, 0) is 23.6 Å². The molecule has 2 rings (SSSR count). The van der Waals surface area contributed by atoms with Crippen molar-refractivity contribution in [3.05, 3.63) is 45.3 Å². The quantitative estimate of drug-likeness (QED) is 0.770. The lowest BCUT2D eigenvalue weighted by atomic mass is 10.1. The van der Waals surface area contributed by atoms with E-state index in [1.807, 2.05) is 17.5 Å². The van der Waals surface area contributed by atoms with Gasteiger partial charge in [0.1, 0.15) is 0 Å². The minimum absolute atomic E-state index is 0.0605. The van der Waals surface area contributed by atoms with E-state index in [1.165, 1.54) is 35.2 Å². The minimum atomic E-state index is -1.21. The number of anilines is 1. The first-order chi connectivity index (χ1) is 9.97. The molecule has 4 nitrogen and oxygen atoms in total. The van der Waals surface area contributed by atoms with Gasteiger partial charge in [-0.25, -0.2) is 4.79 Å². The number of hydrogen-bond donors (Lipinski definition) is 2. The van der Waals surface area contributed by atoms with E-state index in [0.29, 0.717) is 0 Å². The summed E-state index contributed by atoms with van der Waals surface area (Å²) in [5.41, 5.74) is -0.0766. The highest BCUT2D eigenvalue weighted by Crippen LogP contribution is 2.31. The molecule has 0 saturated carbocycles. The Morgan fingerprint density at radius 1 is 1.33 bits per heavy atom. The molecule has 0 aliphatic carbocycles. The zero-order valence-corrected chi connectivity index (χ0v) is 13.6. The molecule has 0 bridgehead atoms. The van der Waals surface area contributed by atoms with Crippen LogP contribution in [0.5, 0.6) is 0 Å². The average Bonchev–Trinajstić information content (AvgIpc) is 2.92. The Balaban J connectivity index is 2.11. The Kier molecular flexibility index (Phi) is 5.52. The second kappa shape index (κ2) is 7.17. The highest BCUT2D eigenvalue weighted by atomic mass is 35.5. The number of hydrogen-bond acceptors (Lipinski definition) is 4. The number of thioether (sulfide) groups is 1. The molecule has 0 spiro atoms. The number of carboxylic acids is 1. The van der Waals surface area contributed by atoms with E-state index >= 15 is 0 Å². The lowest BCUT2D eigenvalue weighted by Crippen LogP contribution is -2.17. The highest BCUT2D eigenvalue weighted by molar-refractivity contribution is 8.01. The van der Waals surface area contributed by atoms with Gasteiger partial charge < -0.3 is 10.4 Å². The maximum Gasteiger partial charge on any atom is 0.337 e. The van der Waals surface area contributed by atoms with Crippen molar-refractivity contribution in [1.82, 2.24) is 0 Å². The predicted molar refractivity (Wildman–Crippen MR) is 87.1 cm³/mol. The standard InChI is InChI=1S/C13H9Cl2NO3S2/c14-7-4-8(13(18)19)12(9(15)5-7)16-10(17)6-21-11-2-1-3-20-11/h1-5H,6H2,(H,16,17)(H,18,19). The summed E-state index contributed by atoms with van der Waals surface area (Å²) in [5, 5.41) is 13.9. The molecule has 0 atom stereocenters. The van der Waals surface area contributed by atoms with Crippen LogP contribution < -0.4 is 5.32 Å². The summed E-state index contributed by atoms with van der Waals surface area (Å²) < 4.78 is 1.01. The first kappa shape index (κ1) is 16.2. The van der Waals surface area contributed by atoms with Gasteiger partial charge in [0.05, 0.1) is 26.2 Å². The smallest absolute Gasteiger partial charge is 0.337 e. The molecule has 1 aromatic heterocycles. The molecule has 1 heterocycles. The number of carbonyl (C=O) groups excluding carboxylic acids is 1. The molecule has 0 fully saturated rings. The van der Waals surface area contributed by atoms with Crippen LogP contribution in [0.1, 0.15) is 10.4 Å². The van der Waals surface area contributed by atoms with Crippen molar-refractivity contribution < 1.29 is 14.7 Å². The Labute approximate surface area is 139 Å². The molecular formula is C13H9Cl2NO3S2. The third-order valence-corrected chi connectivity index (χ3v) is 5.04. The first-order valence-corrected chi connectivity index (χ1v) is 8.28. The Morgan fingerprint density at radius 2 is 2.10 bits per heavy atom. The lowest BCUT2D eigenvalue weighted by molar-refractivity contribution is -0.113. The monoisotopic (exact) mass is 361 g/mol. The molecule has 21 heavy (non-hydrogen) atoms. The van der Waals surface area contributed by atoms with Crippen LogP contribution in [-0.2, 0) is 4.79 Å². The van der Waals surface area contributed by atoms with Gasteiger partial charge in [0.2, 0.25) is 5.91 Å². The number of carboxylic acid groups (broad SMARTS) is 1. The van der Waals surface area contributed by atoms with E-state index < -0.39 is 5.97 Å². The van der Waals surface area contributed by atoms with E-state index in [-0.39, 0.29) is 33.0 Å². The van der Waals surface area contributed by atoms with E-state index in [9.17, 15) is 9.59 Å². The van der Waals surface area contributed by atoms with Crippen molar-refractivity contribution in [3.8, 4) is 0 Å². The molecule has 0 radical (unpaired) electrons. The number of carbonyl (C=O) groups is 2. The van der Waals surface area contributed by atoms with Crippen LogP contribution in [0, 0.1) is 0 Å². The van der Waals surface area contributed by atoms with Gasteiger partial charge >= 0.3 is 5.97 Å². The van der Waals surface area contributed by atoms with E-state index in [4.69, 9.17) is 28.3 Å². The fourth-order valence-corrected chi connectivity index (χ4v) is 3.65. The average molecular weight is 362 g/mol. The van der Waals surface area contributed by atoms with Crippen LogP contribution in [0.15, 0.2) is 33.9 Å². The second-order valence-electron chi connectivity index (χ2n) is 3.88. The van der Waals surface area contributed by atoms with Crippen molar-refractivity contribution >= 4 is 63.9 Å². The fraction of sp³-hybridized carbons (Fsp3) is 0.0769. The zero-order chi connectivity index (χ0) is 15.4. The first-order valence-electron chi connectivity index (χ1n) is 5.66. The normalized spacial score (nSPS) is 10.4. The third-order valence-electron chi connectivity index (χ3n) is 2.39. The van der Waals surface area contributed by atoms with Crippen molar-refractivity contribution in [2.24, 2.45) is 0 Å². The maximum absolute atomic E-state index is 11.9. The summed E-state index contributed by atoms with van der Waals surface area (Å²) in [6.45, 7) is 0.